The third-order valence-corrected chi connectivity index (χ3v) is 2.82. The molecule has 0 aromatic carbocycles. The molecule has 1 atom stereocenters. The zero-order chi connectivity index (χ0) is 12.1. The van der Waals surface area contributed by atoms with Gasteiger partial charge in [0.05, 0.1) is 11.4 Å². The zero-order valence-electron chi connectivity index (χ0n) is 10.6. The number of nitrogens with two attached hydrogens (primary N) is 1. The van der Waals surface area contributed by atoms with Gasteiger partial charge in [-0.2, -0.15) is 10.2 Å². The first-order chi connectivity index (χ1) is 7.54. The van der Waals surface area contributed by atoms with Gasteiger partial charge in [-0.25, -0.2) is 0 Å². The summed E-state index contributed by atoms with van der Waals surface area (Å²) in [7, 11) is 0. The van der Waals surface area contributed by atoms with E-state index in [-0.39, 0.29) is 0 Å². The largest absolute Gasteiger partial charge is 0.329 e. The summed E-state index contributed by atoms with van der Waals surface area (Å²) >= 11 is 0. The predicted octanol–water partition coefficient (Wildman–Crippen LogP) is 1.17. The van der Waals surface area contributed by atoms with Crippen LogP contribution in [-0.4, -0.2) is 22.8 Å². The smallest absolute Gasteiger partial charge is 0.0645 e. The van der Waals surface area contributed by atoms with Crippen molar-refractivity contribution in [2.24, 2.45) is 11.7 Å². The van der Waals surface area contributed by atoms with Gasteiger partial charge in [-0.05, 0) is 31.4 Å². The summed E-state index contributed by atoms with van der Waals surface area (Å²) in [5.41, 5.74) is 8.85. The Morgan fingerprint density at radius 1 is 1.31 bits per heavy atom. The molecule has 0 aliphatic rings. The van der Waals surface area contributed by atoms with Crippen LogP contribution in [0.3, 0.4) is 0 Å². The van der Waals surface area contributed by atoms with Gasteiger partial charge in [0.15, 0.2) is 0 Å². The first-order valence-electron chi connectivity index (χ1n) is 5.77. The van der Waals surface area contributed by atoms with Crippen LogP contribution in [0, 0.1) is 19.8 Å². The lowest BCUT2D eigenvalue weighted by molar-refractivity contribution is 0.404. The Balaban J connectivity index is 2.63. The maximum absolute atomic E-state index is 5.72. The summed E-state index contributed by atoms with van der Waals surface area (Å²) < 4.78 is 0. The number of aromatic nitrogens is 2. The van der Waals surface area contributed by atoms with Crippen molar-refractivity contribution >= 4 is 0 Å². The van der Waals surface area contributed by atoms with Crippen LogP contribution < -0.4 is 11.1 Å². The van der Waals surface area contributed by atoms with E-state index in [1.807, 2.05) is 13.8 Å². The number of nitrogens with one attached hydrogen (secondary N) is 1. The van der Waals surface area contributed by atoms with Crippen LogP contribution in [0.5, 0.6) is 0 Å². The van der Waals surface area contributed by atoms with Gasteiger partial charge >= 0.3 is 0 Å². The lowest BCUT2D eigenvalue weighted by atomic mass is 10.0. The second-order valence-electron chi connectivity index (χ2n) is 4.56. The molecule has 1 unspecified atom stereocenters. The minimum absolute atomic E-state index is 0.355. The molecule has 0 amide bonds. The molecule has 0 aliphatic carbocycles. The lowest BCUT2D eigenvalue weighted by Gasteiger charge is -2.20. The Labute approximate surface area is 97.6 Å². The van der Waals surface area contributed by atoms with E-state index >= 15 is 0 Å². The molecule has 3 N–H and O–H groups in total. The Hall–Kier alpha value is -1.00. The van der Waals surface area contributed by atoms with Crippen LogP contribution in [-0.2, 0) is 6.54 Å². The van der Waals surface area contributed by atoms with Gasteiger partial charge in [-0.3, -0.25) is 0 Å². The molecule has 0 aliphatic heterocycles. The van der Waals surface area contributed by atoms with E-state index in [2.05, 4.69) is 35.4 Å². The molecular formula is C12H22N4. The molecule has 16 heavy (non-hydrogen) atoms. The summed E-state index contributed by atoms with van der Waals surface area (Å²) in [5.74, 6) is 0.543. The fourth-order valence-corrected chi connectivity index (χ4v) is 1.61. The van der Waals surface area contributed by atoms with Gasteiger partial charge in [0.2, 0.25) is 0 Å². The molecule has 0 saturated heterocycles. The fraction of sp³-hybridized carbons (Fsp3) is 0.667. The topological polar surface area (TPSA) is 63.8 Å². The molecule has 0 fully saturated rings. The minimum Gasteiger partial charge on any atom is -0.329 e. The van der Waals surface area contributed by atoms with Gasteiger partial charge in [0, 0.05) is 19.1 Å². The van der Waals surface area contributed by atoms with Crippen LogP contribution in [0.1, 0.15) is 30.8 Å². The normalized spacial score (nSPS) is 13.1. The van der Waals surface area contributed by atoms with Crippen LogP contribution in [0.25, 0.3) is 0 Å². The SMILES string of the molecule is Cc1cc(CNC(CN)C(C)C)c(C)nn1. The van der Waals surface area contributed by atoms with Crippen LogP contribution in [0.4, 0.5) is 0 Å². The van der Waals surface area contributed by atoms with E-state index in [0.717, 1.165) is 17.9 Å². The third-order valence-electron chi connectivity index (χ3n) is 2.82. The maximum atomic E-state index is 5.72. The molecular weight excluding hydrogens is 200 g/mol. The quantitative estimate of drug-likeness (QED) is 0.785. The Morgan fingerprint density at radius 3 is 2.56 bits per heavy atom. The van der Waals surface area contributed by atoms with Crippen LogP contribution in [0.15, 0.2) is 6.07 Å². The number of rotatable bonds is 5. The molecule has 1 heterocycles. The van der Waals surface area contributed by atoms with Gasteiger partial charge in [-0.15, -0.1) is 0 Å². The van der Waals surface area contributed by atoms with Crippen LogP contribution in [0.2, 0.25) is 0 Å². The molecule has 4 heteroatoms. The van der Waals surface area contributed by atoms with E-state index in [4.69, 9.17) is 5.73 Å². The van der Waals surface area contributed by atoms with Crippen LogP contribution >= 0.6 is 0 Å². The maximum Gasteiger partial charge on any atom is 0.0645 e. The molecule has 1 rings (SSSR count). The van der Waals surface area contributed by atoms with Crippen molar-refractivity contribution in [2.45, 2.75) is 40.3 Å². The number of hydrogen-bond donors (Lipinski definition) is 2. The van der Waals surface area contributed by atoms with Gasteiger partial charge < -0.3 is 11.1 Å². The lowest BCUT2D eigenvalue weighted by Crippen LogP contribution is -2.39. The van der Waals surface area contributed by atoms with Crippen molar-refractivity contribution in [1.82, 2.24) is 15.5 Å². The van der Waals surface area contributed by atoms with E-state index in [1.165, 1.54) is 5.56 Å². The van der Waals surface area contributed by atoms with Gasteiger partial charge in [0.1, 0.15) is 0 Å². The average Bonchev–Trinajstić information content (AvgIpc) is 2.23. The molecule has 0 bridgehead atoms. The van der Waals surface area contributed by atoms with Crippen molar-refractivity contribution < 1.29 is 0 Å². The molecule has 0 saturated carbocycles. The number of nitrogens with zero attached hydrogens (tertiary/aromatic N) is 2. The van der Waals surface area contributed by atoms with E-state index in [9.17, 15) is 0 Å². The van der Waals surface area contributed by atoms with Crippen molar-refractivity contribution in [2.75, 3.05) is 6.54 Å². The summed E-state index contributed by atoms with van der Waals surface area (Å²) in [6.07, 6.45) is 0. The summed E-state index contributed by atoms with van der Waals surface area (Å²) in [6.45, 7) is 9.76. The van der Waals surface area contributed by atoms with Crippen molar-refractivity contribution in [1.29, 1.82) is 0 Å². The predicted molar refractivity (Wildman–Crippen MR) is 66.0 cm³/mol. The molecule has 0 spiro atoms. The Morgan fingerprint density at radius 2 is 2.00 bits per heavy atom. The Bertz CT molecular complexity index is 336. The molecule has 1 aromatic heterocycles. The summed E-state index contributed by atoms with van der Waals surface area (Å²) in [6, 6.07) is 2.43. The average molecular weight is 222 g/mol. The molecule has 90 valence electrons. The zero-order valence-corrected chi connectivity index (χ0v) is 10.6. The molecule has 1 aromatic rings. The molecule has 0 radical (unpaired) electrons. The second kappa shape index (κ2) is 5.92. The van der Waals surface area contributed by atoms with E-state index in [1.54, 1.807) is 0 Å². The Kier molecular flexibility index (Phi) is 4.83. The number of hydrogen-bond acceptors (Lipinski definition) is 4. The van der Waals surface area contributed by atoms with E-state index < -0.39 is 0 Å². The highest BCUT2D eigenvalue weighted by Crippen LogP contribution is 2.07. The highest BCUT2D eigenvalue weighted by atomic mass is 15.1. The highest BCUT2D eigenvalue weighted by molar-refractivity contribution is 5.19. The standard InChI is InChI=1S/C12H22N4/c1-8(2)12(6-13)14-7-11-5-9(3)15-16-10(11)4/h5,8,12,14H,6-7,13H2,1-4H3. The van der Waals surface area contributed by atoms with E-state index in [0.29, 0.717) is 18.5 Å². The number of aryl methyl sites for hydroxylation is 2. The third kappa shape index (κ3) is 3.54. The minimum atomic E-state index is 0.355. The summed E-state index contributed by atoms with van der Waals surface area (Å²) in [5, 5.41) is 11.6. The highest BCUT2D eigenvalue weighted by Gasteiger charge is 2.11. The van der Waals surface area contributed by atoms with Crippen molar-refractivity contribution in [3.05, 3.63) is 23.0 Å². The van der Waals surface area contributed by atoms with Crippen molar-refractivity contribution in [3.8, 4) is 0 Å². The monoisotopic (exact) mass is 222 g/mol. The van der Waals surface area contributed by atoms with Gasteiger partial charge in [-0.1, -0.05) is 13.8 Å². The first-order valence-corrected chi connectivity index (χ1v) is 5.77. The van der Waals surface area contributed by atoms with Gasteiger partial charge in [0.25, 0.3) is 0 Å². The summed E-state index contributed by atoms with van der Waals surface area (Å²) in [4.78, 5) is 0. The second-order valence-corrected chi connectivity index (χ2v) is 4.56. The fourth-order valence-electron chi connectivity index (χ4n) is 1.61. The first kappa shape index (κ1) is 13.1. The van der Waals surface area contributed by atoms with Crippen molar-refractivity contribution in [3.63, 3.8) is 0 Å². The molecule has 4 nitrogen and oxygen atoms in total.